The molecule has 1 heterocycles. The summed E-state index contributed by atoms with van der Waals surface area (Å²) in [4.78, 5) is 14.1. The van der Waals surface area contributed by atoms with E-state index < -0.39 is 5.54 Å². The van der Waals surface area contributed by atoms with Gasteiger partial charge in [0.1, 0.15) is 5.54 Å². The molecule has 4 heteroatoms. The van der Waals surface area contributed by atoms with Gasteiger partial charge in [-0.1, -0.05) is 6.92 Å². The van der Waals surface area contributed by atoms with Crippen molar-refractivity contribution < 1.29 is 4.79 Å². The number of amides is 1. The quantitative estimate of drug-likeness (QED) is 0.747. The molecule has 1 amide bonds. The SMILES string of the molecule is CCC1CCC(C)N1CC(N)(C(N)=O)C1CC1. The van der Waals surface area contributed by atoms with Crippen LogP contribution in [0.3, 0.4) is 0 Å². The van der Waals surface area contributed by atoms with Crippen molar-refractivity contribution in [1.82, 2.24) is 4.90 Å². The molecule has 0 radical (unpaired) electrons. The summed E-state index contributed by atoms with van der Waals surface area (Å²) in [6.45, 7) is 5.08. The molecule has 4 N–H and O–H groups in total. The molecule has 3 unspecified atom stereocenters. The number of hydrogen-bond donors (Lipinski definition) is 2. The minimum absolute atomic E-state index is 0.310. The van der Waals surface area contributed by atoms with Crippen molar-refractivity contribution in [1.29, 1.82) is 0 Å². The van der Waals surface area contributed by atoms with Gasteiger partial charge in [-0.15, -0.1) is 0 Å². The first kappa shape index (κ1) is 12.8. The lowest BCUT2D eigenvalue weighted by Gasteiger charge is -2.36. The number of nitrogens with two attached hydrogens (primary N) is 2. The number of primary amides is 1. The Bertz CT molecular complexity index is 303. The highest BCUT2D eigenvalue weighted by atomic mass is 16.1. The zero-order valence-electron chi connectivity index (χ0n) is 11.0. The van der Waals surface area contributed by atoms with Crippen LogP contribution >= 0.6 is 0 Å². The number of nitrogens with zero attached hydrogens (tertiary/aromatic N) is 1. The van der Waals surface area contributed by atoms with Crippen LogP contribution in [-0.2, 0) is 4.79 Å². The van der Waals surface area contributed by atoms with Gasteiger partial charge in [-0.3, -0.25) is 9.69 Å². The van der Waals surface area contributed by atoms with E-state index in [4.69, 9.17) is 11.5 Å². The van der Waals surface area contributed by atoms with Gasteiger partial charge in [0.2, 0.25) is 5.91 Å². The molecule has 98 valence electrons. The van der Waals surface area contributed by atoms with E-state index in [0.29, 0.717) is 24.5 Å². The molecule has 2 rings (SSSR count). The normalized spacial score (nSPS) is 33.6. The topological polar surface area (TPSA) is 72.3 Å². The van der Waals surface area contributed by atoms with E-state index >= 15 is 0 Å². The van der Waals surface area contributed by atoms with Crippen LogP contribution in [0.25, 0.3) is 0 Å². The second kappa shape index (κ2) is 4.58. The van der Waals surface area contributed by atoms with E-state index in [1.807, 2.05) is 0 Å². The molecular formula is C13H25N3O. The molecule has 1 saturated heterocycles. The van der Waals surface area contributed by atoms with Crippen molar-refractivity contribution in [2.45, 2.75) is 63.6 Å². The second-order valence-corrected chi connectivity index (χ2v) is 5.84. The second-order valence-electron chi connectivity index (χ2n) is 5.84. The summed E-state index contributed by atoms with van der Waals surface area (Å²) >= 11 is 0. The third-order valence-electron chi connectivity index (χ3n) is 4.63. The summed E-state index contributed by atoms with van der Waals surface area (Å²) in [5, 5.41) is 0. The minimum atomic E-state index is -0.800. The molecule has 0 bridgehead atoms. The van der Waals surface area contributed by atoms with E-state index in [9.17, 15) is 4.79 Å². The molecule has 0 spiro atoms. The summed E-state index contributed by atoms with van der Waals surface area (Å²) in [6.07, 6.45) is 5.66. The first-order valence-electron chi connectivity index (χ1n) is 6.83. The zero-order valence-corrected chi connectivity index (χ0v) is 11.0. The van der Waals surface area contributed by atoms with Gasteiger partial charge in [-0.2, -0.15) is 0 Å². The third-order valence-corrected chi connectivity index (χ3v) is 4.63. The lowest BCUT2D eigenvalue weighted by molar-refractivity contribution is -0.125. The maximum atomic E-state index is 11.7. The highest BCUT2D eigenvalue weighted by Crippen LogP contribution is 2.40. The van der Waals surface area contributed by atoms with E-state index in [1.54, 1.807) is 0 Å². The number of rotatable bonds is 5. The highest BCUT2D eigenvalue weighted by molar-refractivity contribution is 5.85. The summed E-state index contributed by atoms with van der Waals surface area (Å²) in [6, 6.07) is 1.10. The lowest BCUT2D eigenvalue weighted by atomic mass is 9.92. The minimum Gasteiger partial charge on any atom is -0.368 e. The Kier molecular flexibility index (Phi) is 3.46. The molecular weight excluding hydrogens is 214 g/mol. The standard InChI is InChI=1S/C13H25N3O/c1-3-11-7-4-9(2)16(11)8-13(15,12(14)17)10-5-6-10/h9-11H,3-8,15H2,1-2H3,(H2,14,17). The number of hydrogen-bond acceptors (Lipinski definition) is 3. The van der Waals surface area contributed by atoms with Crippen LogP contribution in [-0.4, -0.2) is 35.0 Å². The molecule has 17 heavy (non-hydrogen) atoms. The number of carbonyl (C=O) groups is 1. The molecule has 2 aliphatic rings. The fourth-order valence-electron chi connectivity index (χ4n) is 3.16. The summed E-state index contributed by atoms with van der Waals surface area (Å²) in [5.74, 6) is -0.0146. The molecule has 1 aliphatic heterocycles. The van der Waals surface area contributed by atoms with Crippen molar-refractivity contribution in [3.05, 3.63) is 0 Å². The van der Waals surface area contributed by atoms with Gasteiger partial charge in [-0.05, 0) is 44.9 Å². The first-order valence-corrected chi connectivity index (χ1v) is 6.83. The number of carbonyl (C=O) groups excluding carboxylic acids is 1. The van der Waals surface area contributed by atoms with Crippen LogP contribution in [0.1, 0.15) is 46.0 Å². The first-order chi connectivity index (χ1) is 7.99. The Labute approximate surface area is 104 Å². The van der Waals surface area contributed by atoms with Crippen molar-refractivity contribution in [2.24, 2.45) is 17.4 Å². The average Bonchev–Trinajstić information content (AvgIpc) is 3.07. The molecule has 0 aromatic rings. The van der Waals surface area contributed by atoms with Gasteiger partial charge >= 0.3 is 0 Å². The summed E-state index contributed by atoms with van der Waals surface area (Å²) < 4.78 is 0. The molecule has 1 saturated carbocycles. The van der Waals surface area contributed by atoms with Crippen LogP contribution in [0.2, 0.25) is 0 Å². The van der Waals surface area contributed by atoms with Crippen molar-refractivity contribution >= 4 is 5.91 Å². The van der Waals surface area contributed by atoms with Gasteiger partial charge < -0.3 is 11.5 Å². The third kappa shape index (κ3) is 2.33. The zero-order chi connectivity index (χ0) is 12.6. The highest BCUT2D eigenvalue weighted by Gasteiger charge is 2.49. The van der Waals surface area contributed by atoms with Crippen LogP contribution in [0.5, 0.6) is 0 Å². The van der Waals surface area contributed by atoms with Crippen molar-refractivity contribution in [2.75, 3.05) is 6.54 Å². The van der Waals surface area contributed by atoms with Gasteiger partial charge in [0, 0.05) is 18.6 Å². The largest absolute Gasteiger partial charge is 0.368 e. The molecule has 1 aliphatic carbocycles. The Hall–Kier alpha value is -0.610. The summed E-state index contributed by atoms with van der Waals surface area (Å²) in [7, 11) is 0. The predicted octanol–water partition coefficient (Wildman–Crippen LogP) is 0.842. The van der Waals surface area contributed by atoms with Gasteiger partial charge in [0.05, 0.1) is 0 Å². The van der Waals surface area contributed by atoms with Gasteiger partial charge in [0.25, 0.3) is 0 Å². The molecule has 0 aromatic heterocycles. The van der Waals surface area contributed by atoms with E-state index in [1.165, 1.54) is 12.8 Å². The van der Waals surface area contributed by atoms with Crippen LogP contribution < -0.4 is 11.5 Å². The monoisotopic (exact) mass is 239 g/mol. The Morgan fingerprint density at radius 3 is 2.47 bits per heavy atom. The molecule has 2 fully saturated rings. The van der Waals surface area contributed by atoms with Crippen LogP contribution in [0.15, 0.2) is 0 Å². The fraction of sp³-hybridized carbons (Fsp3) is 0.923. The van der Waals surface area contributed by atoms with Crippen LogP contribution in [0.4, 0.5) is 0 Å². The van der Waals surface area contributed by atoms with Gasteiger partial charge in [-0.25, -0.2) is 0 Å². The van der Waals surface area contributed by atoms with E-state index in [0.717, 1.165) is 19.3 Å². The molecule has 3 atom stereocenters. The molecule has 0 aromatic carbocycles. The Morgan fingerprint density at radius 2 is 2.00 bits per heavy atom. The summed E-state index contributed by atoms with van der Waals surface area (Å²) in [5.41, 5.74) is 11.0. The van der Waals surface area contributed by atoms with Crippen molar-refractivity contribution in [3.63, 3.8) is 0 Å². The maximum absolute atomic E-state index is 11.7. The molecule has 4 nitrogen and oxygen atoms in total. The van der Waals surface area contributed by atoms with E-state index in [2.05, 4.69) is 18.7 Å². The predicted molar refractivity (Wildman–Crippen MR) is 68.3 cm³/mol. The smallest absolute Gasteiger partial charge is 0.239 e. The van der Waals surface area contributed by atoms with E-state index in [-0.39, 0.29) is 5.91 Å². The van der Waals surface area contributed by atoms with Crippen molar-refractivity contribution in [3.8, 4) is 0 Å². The fourth-order valence-corrected chi connectivity index (χ4v) is 3.16. The number of likely N-dealkylation sites (tertiary alicyclic amines) is 1. The Balaban J connectivity index is 2.09. The Morgan fingerprint density at radius 1 is 1.35 bits per heavy atom. The van der Waals surface area contributed by atoms with Crippen LogP contribution in [0, 0.1) is 5.92 Å². The average molecular weight is 239 g/mol. The van der Waals surface area contributed by atoms with Gasteiger partial charge in [0.15, 0.2) is 0 Å². The maximum Gasteiger partial charge on any atom is 0.239 e. The lowest BCUT2D eigenvalue weighted by Crippen LogP contribution is -2.62.